The molecule has 21 heavy (non-hydrogen) atoms. The Kier molecular flexibility index (Phi) is 3.85. The van der Waals surface area contributed by atoms with Crippen molar-refractivity contribution in [3.8, 4) is 0 Å². The number of sulfone groups is 1. The van der Waals surface area contributed by atoms with Crippen LogP contribution in [0, 0.1) is 5.41 Å². The summed E-state index contributed by atoms with van der Waals surface area (Å²) in [4.78, 5) is 26.4. The van der Waals surface area contributed by atoms with E-state index in [1.54, 1.807) is 7.05 Å². The predicted molar refractivity (Wildman–Crippen MR) is 79.4 cm³/mol. The third kappa shape index (κ3) is 3.39. The van der Waals surface area contributed by atoms with Gasteiger partial charge in [-0.15, -0.1) is 0 Å². The van der Waals surface area contributed by atoms with E-state index in [4.69, 9.17) is 0 Å². The second-order valence-electron chi connectivity index (χ2n) is 7.26. The number of nitrogens with one attached hydrogen (secondary N) is 1. The first kappa shape index (κ1) is 16.3. The van der Waals surface area contributed by atoms with Gasteiger partial charge in [-0.2, -0.15) is 0 Å². The van der Waals surface area contributed by atoms with Crippen LogP contribution in [0.25, 0.3) is 0 Å². The van der Waals surface area contributed by atoms with Gasteiger partial charge in [0.2, 0.25) is 11.8 Å². The molecule has 6 nitrogen and oxygen atoms in total. The van der Waals surface area contributed by atoms with Gasteiger partial charge in [0.1, 0.15) is 5.41 Å². The lowest BCUT2D eigenvalue weighted by Crippen LogP contribution is -2.51. The Balaban J connectivity index is 2.07. The average Bonchev–Trinajstić information content (AvgIpc) is 3.05. The highest BCUT2D eigenvalue weighted by atomic mass is 32.2. The Hall–Kier alpha value is -1.11. The minimum Gasteiger partial charge on any atom is -0.351 e. The number of amides is 2. The molecule has 1 saturated carbocycles. The molecule has 1 atom stereocenters. The van der Waals surface area contributed by atoms with Crippen LogP contribution in [0.2, 0.25) is 0 Å². The lowest BCUT2D eigenvalue weighted by atomic mass is 10.00. The number of carbonyl (C=O) groups excluding carboxylic acids is 2. The second kappa shape index (κ2) is 4.97. The first-order valence-corrected chi connectivity index (χ1v) is 9.09. The minimum atomic E-state index is -3.04. The Labute approximate surface area is 126 Å². The third-order valence-electron chi connectivity index (χ3n) is 4.16. The molecule has 1 heterocycles. The molecule has 2 fully saturated rings. The van der Waals surface area contributed by atoms with Crippen molar-refractivity contribution < 1.29 is 18.0 Å². The molecule has 2 aliphatic rings. The number of hydrogen-bond donors (Lipinski definition) is 1. The predicted octanol–water partition coefficient (Wildman–Crippen LogP) is 0.327. The van der Waals surface area contributed by atoms with Crippen LogP contribution in [0.15, 0.2) is 0 Å². The van der Waals surface area contributed by atoms with E-state index in [9.17, 15) is 18.0 Å². The van der Waals surface area contributed by atoms with Gasteiger partial charge in [-0.25, -0.2) is 8.42 Å². The fourth-order valence-corrected chi connectivity index (χ4v) is 4.48. The molecule has 2 amide bonds. The van der Waals surface area contributed by atoms with E-state index < -0.39 is 15.3 Å². The summed E-state index contributed by atoms with van der Waals surface area (Å²) in [6, 6.07) is -0.303. The van der Waals surface area contributed by atoms with Crippen molar-refractivity contribution in [2.75, 3.05) is 18.6 Å². The maximum absolute atomic E-state index is 12.6. The Morgan fingerprint density at radius 2 is 1.81 bits per heavy atom. The van der Waals surface area contributed by atoms with E-state index in [1.807, 2.05) is 20.8 Å². The number of hydrogen-bond acceptors (Lipinski definition) is 4. The van der Waals surface area contributed by atoms with Crippen molar-refractivity contribution in [2.45, 2.75) is 51.6 Å². The smallest absolute Gasteiger partial charge is 0.238 e. The molecule has 0 aromatic heterocycles. The zero-order valence-corrected chi connectivity index (χ0v) is 13.9. The molecule has 7 heteroatoms. The monoisotopic (exact) mass is 316 g/mol. The van der Waals surface area contributed by atoms with Crippen molar-refractivity contribution >= 4 is 21.7 Å². The Morgan fingerprint density at radius 3 is 2.19 bits per heavy atom. The molecule has 1 saturated heterocycles. The summed E-state index contributed by atoms with van der Waals surface area (Å²) in [5, 5.41) is 2.86. The van der Waals surface area contributed by atoms with Crippen LogP contribution >= 0.6 is 0 Å². The molecule has 0 bridgehead atoms. The lowest BCUT2D eigenvalue weighted by molar-refractivity contribution is -0.145. The first-order valence-electron chi connectivity index (χ1n) is 7.27. The summed E-state index contributed by atoms with van der Waals surface area (Å²) < 4.78 is 23.1. The topological polar surface area (TPSA) is 83.6 Å². The first-order chi connectivity index (χ1) is 9.47. The van der Waals surface area contributed by atoms with Gasteiger partial charge in [-0.1, -0.05) is 0 Å². The summed E-state index contributed by atoms with van der Waals surface area (Å²) >= 11 is 0. The van der Waals surface area contributed by atoms with Crippen LogP contribution < -0.4 is 5.32 Å². The summed E-state index contributed by atoms with van der Waals surface area (Å²) in [6.45, 7) is 5.62. The van der Waals surface area contributed by atoms with Gasteiger partial charge in [-0.3, -0.25) is 9.59 Å². The molecular formula is C14H24N2O4S. The Bertz CT molecular complexity index is 558. The summed E-state index contributed by atoms with van der Waals surface area (Å²) in [5.41, 5.74) is -1.36. The maximum atomic E-state index is 12.6. The van der Waals surface area contributed by atoms with Gasteiger partial charge < -0.3 is 10.2 Å². The van der Waals surface area contributed by atoms with Crippen molar-refractivity contribution in [2.24, 2.45) is 5.41 Å². The van der Waals surface area contributed by atoms with E-state index in [2.05, 4.69) is 5.32 Å². The van der Waals surface area contributed by atoms with E-state index in [-0.39, 0.29) is 34.9 Å². The fourth-order valence-electron chi connectivity index (χ4n) is 2.71. The molecule has 2 rings (SSSR count). The van der Waals surface area contributed by atoms with Gasteiger partial charge in [0.05, 0.1) is 11.5 Å². The van der Waals surface area contributed by atoms with Crippen LogP contribution in [0.1, 0.15) is 40.0 Å². The minimum absolute atomic E-state index is 0.00616. The van der Waals surface area contributed by atoms with Crippen LogP contribution in [0.3, 0.4) is 0 Å². The highest BCUT2D eigenvalue weighted by Gasteiger charge is 2.58. The van der Waals surface area contributed by atoms with Gasteiger partial charge in [0.15, 0.2) is 9.84 Å². The zero-order chi connectivity index (χ0) is 16.1. The van der Waals surface area contributed by atoms with E-state index in [0.717, 1.165) is 0 Å². The van der Waals surface area contributed by atoms with Crippen LogP contribution in [-0.2, 0) is 19.4 Å². The zero-order valence-electron chi connectivity index (χ0n) is 13.1. The van der Waals surface area contributed by atoms with E-state index in [1.165, 1.54) is 4.90 Å². The summed E-state index contributed by atoms with van der Waals surface area (Å²) in [5.74, 6) is -0.359. The van der Waals surface area contributed by atoms with Gasteiger partial charge in [0, 0.05) is 18.6 Å². The normalized spacial score (nSPS) is 26.2. The van der Waals surface area contributed by atoms with Crippen LogP contribution in [0.4, 0.5) is 0 Å². The molecule has 1 aliphatic heterocycles. The average molecular weight is 316 g/mol. The highest BCUT2D eigenvalue weighted by molar-refractivity contribution is 7.91. The fraction of sp³-hybridized carbons (Fsp3) is 0.857. The summed E-state index contributed by atoms with van der Waals surface area (Å²) in [7, 11) is -1.43. The lowest BCUT2D eigenvalue weighted by Gasteiger charge is -2.30. The van der Waals surface area contributed by atoms with Crippen molar-refractivity contribution in [3.05, 3.63) is 0 Å². The number of rotatable bonds is 3. The SMILES string of the molecule is CN(C(=O)C1(C(=O)NC(C)(C)C)CC1)C1CCS(=O)(=O)C1. The standard InChI is InChI=1S/C14H24N2O4S/c1-13(2,3)15-11(17)14(6-7-14)12(18)16(4)10-5-8-21(19,20)9-10/h10H,5-9H2,1-4H3,(H,15,17). The molecule has 0 spiro atoms. The molecule has 1 unspecified atom stereocenters. The van der Waals surface area contributed by atoms with Gasteiger partial charge in [-0.05, 0) is 40.0 Å². The quantitative estimate of drug-likeness (QED) is 0.760. The number of carbonyl (C=O) groups is 2. The van der Waals surface area contributed by atoms with Crippen LogP contribution in [-0.4, -0.2) is 55.3 Å². The molecular weight excluding hydrogens is 292 g/mol. The van der Waals surface area contributed by atoms with Gasteiger partial charge in [0.25, 0.3) is 0 Å². The molecule has 0 aromatic carbocycles. The highest BCUT2D eigenvalue weighted by Crippen LogP contribution is 2.48. The van der Waals surface area contributed by atoms with Crippen molar-refractivity contribution in [1.82, 2.24) is 10.2 Å². The maximum Gasteiger partial charge on any atom is 0.238 e. The van der Waals surface area contributed by atoms with Crippen LogP contribution in [0.5, 0.6) is 0 Å². The van der Waals surface area contributed by atoms with Crippen molar-refractivity contribution in [1.29, 1.82) is 0 Å². The second-order valence-corrected chi connectivity index (χ2v) is 9.49. The van der Waals surface area contributed by atoms with E-state index >= 15 is 0 Å². The van der Waals surface area contributed by atoms with Crippen molar-refractivity contribution in [3.63, 3.8) is 0 Å². The van der Waals surface area contributed by atoms with Gasteiger partial charge >= 0.3 is 0 Å². The molecule has 1 aliphatic carbocycles. The Morgan fingerprint density at radius 1 is 1.24 bits per heavy atom. The molecule has 0 aromatic rings. The third-order valence-corrected chi connectivity index (χ3v) is 5.91. The molecule has 0 radical (unpaired) electrons. The van der Waals surface area contributed by atoms with E-state index in [0.29, 0.717) is 19.3 Å². The largest absolute Gasteiger partial charge is 0.351 e. The molecule has 1 N–H and O–H groups in total. The molecule has 120 valence electrons. The number of nitrogens with zero attached hydrogens (tertiary/aromatic N) is 1. The summed E-state index contributed by atoms with van der Waals surface area (Å²) in [6.07, 6.45) is 1.54.